The minimum atomic E-state index is -0.377. The van der Waals surface area contributed by atoms with Crippen molar-refractivity contribution in [2.24, 2.45) is 0 Å². The molecule has 0 aliphatic carbocycles. The Bertz CT molecular complexity index is 667. The third kappa shape index (κ3) is 4.62. The topological polar surface area (TPSA) is 56.0 Å². The summed E-state index contributed by atoms with van der Waals surface area (Å²) in [6, 6.07) is 16.3. The van der Waals surface area contributed by atoms with Gasteiger partial charge in [0, 0.05) is 24.3 Å². The van der Waals surface area contributed by atoms with Gasteiger partial charge in [0.2, 0.25) is 0 Å². The molecule has 2 atom stereocenters. The van der Waals surface area contributed by atoms with Gasteiger partial charge in [0.25, 0.3) is 0 Å². The molecule has 2 unspecified atom stereocenters. The Morgan fingerprint density at radius 3 is 2.57 bits per heavy atom. The molecule has 0 radical (unpaired) electrons. The van der Waals surface area contributed by atoms with Crippen LogP contribution in [0.3, 0.4) is 0 Å². The van der Waals surface area contributed by atoms with Gasteiger partial charge in [0.1, 0.15) is 5.82 Å². The van der Waals surface area contributed by atoms with E-state index in [2.05, 4.69) is 5.32 Å². The predicted molar refractivity (Wildman–Crippen MR) is 88.2 cm³/mol. The van der Waals surface area contributed by atoms with E-state index in [-0.39, 0.29) is 24.5 Å². The second-order valence-corrected chi connectivity index (χ2v) is 5.57. The van der Waals surface area contributed by atoms with E-state index in [0.717, 1.165) is 12.0 Å². The van der Waals surface area contributed by atoms with Gasteiger partial charge in [0.15, 0.2) is 0 Å². The normalized spacial score (nSPS) is 13.3. The lowest BCUT2D eigenvalue weighted by atomic mass is 9.99. The van der Waals surface area contributed by atoms with E-state index in [4.69, 9.17) is 10.4 Å². The third-order valence-corrected chi connectivity index (χ3v) is 3.90. The number of benzene rings is 2. The van der Waals surface area contributed by atoms with E-state index < -0.39 is 0 Å². The molecular weight excluding hydrogens is 291 g/mol. The van der Waals surface area contributed by atoms with Gasteiger partial charge in [0.05, 0.1) is 11.6 Å². The van der Waals surface area contributed by atoms with Crippen molar-refractivity contribution in [2.45, 2.75) is 31.8 Å². The number of aliphatic hydroxyl groups excluding tert-OH is 1. The molecule has 0 bridgehead atoms. The molecule has 0 saturated heterocycles. The molecule has 0 heterocycles. The van der Waals surface area contributed by atoms with Crippen LogP contribution in [0.4, 0.5) is 4.39 Å². The Morgan fingerprint density at radius 1 is 1.22 bits per heavy atom. The van der Waals surface area contributed by atoms with Crippen LogP contribution in [0.1, 0.15) is 48.5 Å². The van der Waals surface area contributed by atoms with Crippen molar-refractivity contribution >= 4 is 0 Å². The van der Waals surface area contributed by atoms with E-state index in [1.54, 1.807) is 12.1 Å². The van der Waals surface area contributed by atoms with E-state index >= 15 is 0 Å². The molecule has 2 aromatic carbocycles. The predicted octanol–water partition coefficient (Wildman–Crippen LogP) is 3.86. The Hall–Kier alpha value is -2.22. The van der Waals surface area contributed by atoms with Gasteiger partial charge in [-0.25, -0.2) is 4.39 Å². The van der Waals surface area contributed by atoms with Gasteiger partial charge < -0.3 is 10.4 Å². The zero-order chi connectivity index (χ0) is 16.7. The fourth-order valence-electron chi connectivity index (χ4n) is 2.67. The molecule has 2 N–H and O–H groups in total. The van der Waals surface area contributed by atoms with Gasteiger partial charge in [-0.1, -0.05) is 36.4 Å². The third-order valence-electron chi connectivity index (χ3n) is 3.90. The lowest BCUT2D eigenvalue weighted by Gasteiger charge is -2.24. The minimum absolute atomic E-state index is 0.0355. The maximum atomic E-state index is 14.2. The standard InChI is InChI=1S/C19H21FN2O/c1-14(17-10-9-15(13-21)12-18(17)20)22-19(8-5-11-23)16-6-3-2-4-7-16/h2-4,6-7,9-10,12,14,19,22-23H,5,8,11H2,1H3. The molecule has 0 spiro atoms. The Kier molecular flexibility index (Phi) is 6.28. The lowest BCUT2D eigenvalue weighted by Crippen LogP contribution is -2.25. The average Bonchev–Trinajstić information content (AvgIpc) is 2.58. The number of hydrogen-bond donors (Lipinski definition) is 2. The molecular formula is C19H21FN2O. The number of nitrogens with zero attached hydrogens (tertiary/aromatic N) is 1. The first-order valence-electron chi connectivity index (χ1n) is 7.77. The Labute approximate surface area is 136 Å². The molecule has 0 aliphatic rings. The molecule has 4 heteroatoms. The summed E-state index contributed by atoms with van der Waals surface area (Å²) in [4.78, 5) is 0. The smallest absolute Gasteiger partial charge is 0.129 e. The van der Waals surface area contributed by atoms with Crippen LogP contribution in [-0.2, 0) is 0 Å². The second kappa shape index (κ2) is 8.42. The maximum Gasteiger partial charge on any atom is 0.129 e. The van der Waals surface area contributed by atoms with Crippen LogP contribution >= 0.6 is 0 Å². The Balaban J connectivity index is 2.17. The lowest BCUT2D eigenvalue weighted by molar-refractivity contribution is 0.272. The molecule has 0 saturated carbocycles. The molecule has 0 aliphatic heterocycles. The van der Waals surface area contributed by atoms with Gasteiger partial charge in [-0.3, -0.25) is 0 Å². The number of nitrogens with one attached hydrogen (secondary N) is 1. The number of hydrogen-bond acceptors (Lipinski definition) is 3. The quantitative estimate of drug-likeness (QED) is 0.816. The first-order valence-corrected chi connectivity index (χ1v) is 7.77. The summed E-state index contributed by atoms with van der Waals surface area (Å²) in [5, 5.41) is 21.4. The van der Waals surface area contributed by atoms with E-state index in [1.807, 2.05) is 43.3 Å². The van der Waals surface area contributed by atoms with Crippen molar-refractivity contribution in [2.75, 3.05) is 6.61 Å². The van der Waals surface area contributed by atoms with Crippen LogP contribution in [0.2, 0.25) is 0 Å². The largest absolute Gasteiger partial charge is 0.396 e. The van der Waals surface area contributed by atoms with Crippen molar-refractivity contribution < 1.29 is 9.50 Å². The van der Waals surface area contributed by atoms with Crippen LogP contribution in [0.15, 0.2) is 48.5 Å². The second-order valence-electron chi connectivity index (χ2n) is 5.57. The Morgan fingerprint density at radius 2 is 1.96 bits per heavy atom. The van der Waals surface area contributed by atoms with Crippen molar-refractivity contribution in [1.29, 1.82) is 5.26 Å². The number of rotatable bonds is 7. The summed E-state index contributed by atoms with van der Waals surface area (Å²) in [5.74, 6) is -0.377. The van der Waals surface area contributed by atoms with Gasteiger partial charge in [-0.15, -0.1) is 0 Å². The summed E-state index contributed by atoms with van der Waals surface area (Å²) in [7, 11) is 0. The molecule has 0 aromatic heterocycles. The van der Waals surface area contributed by atoms with E-state index in [0.29, 0.717) is 17.5 Å². The van der Waals surface area contributed by atoms with Gasteiger partial charge in [-0.2, -0.15) is 5.26 Å². The van der Waals surface area contributed by atoms with Crippen molar-refractivity contribution in [3.05, 3.63) is 71.0 Å². The van der Waals surface area contributed by atoms with E-state index in [9.17, 15) is 4.39 Å². The average molecular weight is 312 g/mol. The maximum absolute atomic E-state index is 14.2. The SMILES string of the molecule is CC(NC(CCCO)c1ccccc1)c1ccc(C#N)cc1F. The van der Waals surface area contributed by atoms with Gasteiger partial charge >= 0.3 is 0 Å². The molecule has 2 rings (SSSR count). The van der Waals surface area contributed by atoms with Crippen molar-refractivity contribution in [3.63, 3.8) is 0 Å². The highest BCUT2D eigenvalue weighted by Gasteiger charge is 2.17. The molecule has 3 nitrogen and oxygen atoms in total. The summed E-state index contributed by atoms with van der Waals surface area (Å²) in [6.07, 6.45) is 1.44. The first kappa shape index (κ1) is 17.1. The molecule has 23 heavy (non-hydrogen) atoms. The van der Waals surface area contributed by atoms with Crippen LogP contribution in [0, 0.1) is 17.1 Å². The molecule has 0 amide bonds. The monoisotopic (exact) mass is 312 g/mol. The molecule has 0 fully saturated rings. The molecule has 2 aromatic rings. The fourth-order valence-corrected chi connectivity index (χ4v) is 2.67. The van der Waals surface area contributed by atoms with Crippen molar-refractivity contribution in [1.82, 2.24) is 5.32 Å². The fraction of sp³-hybridized carbons (Fsp3) is 0.316. The van der Waals surface area contributed by atoms with Crippen LogP contribution in [0.25, 0.3) is 0 Å². The molecule has 120 valence electrons. The summed E-state index contributed by atoms with van der Waals surface area (Å²) >= 11 is 0. The highest BCUT2D eigenvalue weighted by molar-refractivity contribution is 5.34. The van der Waals surface area contributed by atoms with Gasteiger partial charge in [-0.05, 0) is 37.5 Å². The number of aliphatic hydroxyl groups is 1. The van der Waals surface area contributed by atoms with Crippen molar-refractivity contribution in [3.8, 4) is 6.07 Å². The van der Waals surface area contributed by atoms with Crippen LogP contribution in [-0.4, -0.2) is 11.7 Å². The van der Waals surface area contributed by atoms with Crippen LogP contribution < -0.4 is 5.32 Å². The number of nitriles is 1. The number of halogens is 1. The zero-order valence-corrected chi connectivity index (χ0v) is 13.2. The summed E-state index contributed by atoms with van der Waals surface area (Å²) < 4.78 is 14.2. The van der Waals surface area contributed by atoms with Crippen LogP contribution in [0.5, 0.6) is 0 Å². The minimum Gasteiger partial charge on any atom is -0.396 e. The first-order chi connectivity index (χ1) is 11.2. The summed E-state index contributed by atoms with van der Waals surface area (Å²) in [5.41, 5.74) is 1.97. The summed E-state index contributed by atoms with van der Waals surface area (Å²) in [6.45, 7) is 2.03. The van der Waals surface area contributed by atoms with E-state index in [1.165, 1.54) is 6.07 Å². The highest BCUT2D eigenvalue weighted by Crippen LogP contribution is 2.25. The zero-order valence-electron chi connectivity index (χ0n) is 13.2. The highest BCUT2D eigenvalue weighted by atomic mass is 19.1.